The number of fused-ring (bicyclic) bond motifs is 1. The fraction of sp³-hybridized carbons (Fsp3) is 0.278. The topological polar surface area (TPSA) is 58.6 Å². The highest BCUT2D eigenvalue weighted by atomic mass is 19.4. The molecule has 4 nitrogen and oxygen atoms in total. The third-order valence-corrected chi connectivity index (χ3v) is 4.18. The summed E-state index contributed by atoms with van der Waals surface area (Å²) in [6.07, 6.45) is -4.40. The van der Waals surface area contributed by atoms with E-state index >= 15 is 0 Å². The Labute approximate surface area is 142 Å². The van der Waals surface area contributed by atoms with Crippen LogP contribution >= 0.6 is 0 Å². The maximum absolute atomic E-state index is 13.0. The number of aliphatic hydroxyl groups is 1. The van der Waals surface area contributed by atoms with Crippen molar-refractivity contribution >= 4 is 5.91 Å². The molecule has 132 valence electrons. The summed E-state index contributed by atoms with van der Waals surface area (Å²) in [5, 5.41) is 13.2. The van der Waals surface area contributed by atoms with Crippen LogP contribution in [0.5, 0.6) is 5.75 Å². The number of ether oxygens (including phenoxy) is 1. The molecule has 0 aliphatic carbocycles. The lowest BCUT2D eigenvalue weighted by molar-refractivity contribution is -0.137. The Morgan fingerprint density at radius 2 is 1.84 bits per heavy atom. The quantitative estimate of drug-likeness (QED) is 0.893. The summed E-state index contributed by atoms with van der Waals surface area (Å²) in [5.74, 6) is -0.383. The molecular weight excluding hydrogens is 335 g/mol. The van der Waals surface area contributed by atoms with Crippen LogP contribution in [0, 0.1) is 0 Å². The highest BCUT2D eigenvalue weighted by molar-refractivity contribution is 5.95. The van der Waals surface area contributed by atoms with Crippen molar-refractivity contribution in [1.82, 2.24) is 5.32 Å². The molecule has 3 rings (SSSR count). The number of benzene rings is 2. The second kappa shape index (κ2) is 6.40. The van der Waals surface area contributed by atoms with E-state index in [4.69, 9.17) is 4.74 Å². The van der Waals surface area contributed by atoms with Crippen LogP contribution in [0.25, 0.3) is 0 Å². The van der Waals surface area contributed by atoms with E-state index in [1.54, 1.807) is 24.3 Å². The van der Waals surface area contributed by atoms with Crippen LogP contribution in [0.15, 0.2) is 48.5 Å². The molecule has 0 radical (unpaired) electrons. The first-order valence-electron chi connectivity index (χ1n) is 7.70. The third-order valence-electron chi connectivity index (χ3n) is 4.18. The number of halogens is 3. The van der Waals surface area contributed by atoms with Gasteiger partial charge in [-0.15, -0.1) is 0 Å². The maximum atomic E-state index is 13.0. The van der Waals surface area contributed by atoms with Gasteiger partial charge in [-0.2, -0.15) is 13.2 Å². The SMILES string of the molecule is O=C(NC[C@@]1(O)CCOc2ccccc21)c1ccccc1C(F)(F)F. The fourth-order valence-electron chi connectivity index (χ4n) is 2.88. The smallest absolute Gasteiger partial charge is 0.417 e. The highest BCUT2D eigenvalue weighted by Crippen LogP contribution is 2.36. The minimum atomic E-state index is -4.63. The third kappa shape index (κ3) is 3.46. The summed E-state index contributed by atoms with van der Waals surface area (Å²) in [4.78, 5) is 12.3. The van der Waals surface area contributed by atoms with Gasteiger partial charge in [-0.3, -0.25) is 4.79 Å². The predicted molar refractivity (Wildman–Crippen MR) is 84.2 cm³/mol. The Balaban J connectivity index is 1.80. The number of carbonyl (C=O) groups is 1. The number of amides is 1. The molecule has 2 N–H and O–H groups in total. The molecule has 7 heteroatoms. The number of rotatable bonds is 3. The molecule has 1 heterocycles. The lowest BCUT2D eigenvalue weighted by Gasteiger charge is -2.34. The molecule has 1 aliphatic rings. The Kier molecular flexibility index (Phi) is 4.43. The number of alkyl halides is 3. The van der Waals surface area contributed by atoms with E-state index in [0.29, 0.717) is 11.3 Å². The first kappa shape index (κ1) is 17.3. The molecule has 0 unspecified atom stereocenters. The summed E-state index contributed by atoms with van der Waals surface area (Å²) in [7, 11) is 0. The second-order valence-corrected chi connectivity index (χ2v) is 5.85. The zero-order valence-corrected chi connectivity index (χ0v) is 13.1. The van der Waals surface area contributed by atoms with Gasteiger partial charge < -0.3 is 15.2 Å². The van der Waals surface area contributed by atoms with Gasteiger partial charge in [0.1, 0.15) is 11.4 Å². The zero-order valence-electron chi connectivity index (χ0n) is 13.1. The van der Waals surface area contributed by atoms with Gasteiger partial charge in [0.05, 0.1) is 24.3 Å². The van der Waals surface area contributed by atoms with Crippen molar-refractivity contribution in [3.8, 4) is 5.75 Å². The molecule has 0 bridgehead atoms. The lowest BCUT2D eigenvalue weighted by atomic mass is 9.88. The molecule has 1 amide bonds. The van der Waals surface area contributed by atoms with Crippen molar-refractivity contribution in [2.75, 3.05) is 13.2 Å². The van der Waals surface area contributed by atoms with E-state index in [9.17, 15) is 23.1 Å². The number of carbonyl (C=O) groups excluding carboxylic acids is 1. The molecule has 0 spiro atoms. The van der Waals surface area contributed by atoms with Gasteiger partial charge in [0, 0.05) is 12.0 Å². The van der Waals surface area contributed by atoms with Crippen molar-refractivity contribution in [3.05, 3.63) is 65.2 Å². The van der Waals surface area contributed by atoms with Crippen molar-refractivity contribution in [2.24, 2.45) is 0 Å². The fourth-order valence-corrected chi connectivity index (χ4v) is 2.88. The Morgan fingerprint density at radius 1 is 1.16 bits per heavy atom. The van der Waals surface area contributed by atoms with Crippen LogP contribution in [0.4, 0.5) is 13.2 Å². The van der Waals surface area contributed by atoms with Crippen molar-refractivity contribution in [2.45, 2.75) is 18.2 Å². The summed E-state index contributed by atoms with van der Waals surface area (Å²) in [6.45, 7) is 0.0426. The van der Waals surface area contributed by atoms with E-state index in [1.165, 1.54) is 12.1 Å². The summed E-state index contributed by atoms with van der Waals surface area (Å²) in [6, 6.07) is 11.4. The van der Waals surface area contributed by atoms with Crippen LogP contribution in [0.1, 0.15) is 27.9 Å². The average molecular weight is 351 g/mol. The average Bonchev–Trinajstić information content (AvgIpc) is 2.59. The first-order chi connectivity index (χ1) is 11.8. The largest absolute Gasteiger partial charge is 0.493 e. The van der Waals surface area contributed by atoms with Crippen molar-refractivity contribution in [3.63, 3.8) is 0 Å². The van der Waals surface area contributed by atoms with E-state index in [0.717, 1.165) is 12.1 Å². The van der Waals surface area contributed by atoms with Gasteiger partial charge in [-0.05, 0) is 18.2 Å². The Morgan fingerprint density at radius 3 is 2.60 bits per heavy atom. The van der Waals surface area contributed by atoms with E-state index < -0.39 is 28.8 Å². The number of hydrogen-bond donors (Lipinski definition) is 2. The molecule has 2 aromatic rings. The minimum Gasteiger partial charge on any atom is -0.493 e. The van der Waals surface area contributed by atoms with Crippen LogP contribution in [0.2, 0.25) is 0 Å². The molecular formula is C18H16F3NO3. The lowest BCUT2D eigenvalue weighted by Crippen LogP contribution is -2.44. The summed E-state index contributed by atoms with van der Waals surface area (Å²) < 4.78 is 44.5. The van der Waals surface area contributed by atoms with Gasteiger partial charge in [-0.1, -0.05) is 30.3 Å². The van der Waals surface area contributed by atoms with E-state index in [2.05, 4.69) is 5.32 Å². The Hall–Kier alpha value is -2.54. The number of hydrogen-bond acceptors (Lipinski definition) is 3. The predicted octanol–water partition coefficient (Wildman–Crippen LogP) is 3.11. The van der Waals surface area contributed by atoms with Gasteiger partial charge in [0.25, 0.3) is 5.91 Å². The molecule has 0 saturated carbocycles. The van der Waals surface area contributed by atoms with Gasteiger partial charge in [-0.25, -0.2) is 0 Å². The van der Waals surface area contributed by atoms with Crippen LogP contribution in [-0.4, -0.2) is 24.2 Å². The van der Waals surface area contributed by atoms with E-state index in [-0.39, 0.29) is 19.6 Å². The molecule has 2 aromatic carbocycles. The van der Waals surface area contributed by atoms with Gasteiger partial charge in [0.15, 0.2) is 0 Å². The van der Waals surface area contributed by atoms with Crippen LogP contribution < -0.4 is 10.1 Å². The number of para-hydroxylation sites is 1. The second-order valence-electron chi connectivity index (χ2n) is 5.85. The molecule has 0 fully saturated rings. The molecule has 1 atom stereocenters. The maximum Gasteiger partial charge on any atom is 0.417 e. The van der Waals surface area contributed by atoms with Crippen LogP contribution in [0.3, 0.4) is 0 Å². The summed E-state index contributed by atoms with van der Waals surface area (Å²) in [5.41, 5.74) is -2.37. The standard InChI is InChI=1S/C18H16F3NO3/c19-18(20,21)13-6-2-1-5-12(13)16(23)22-11-17(24)9-10-25-15-8-4-3-7-14(15)17/h1-8,24H,9-11H2,(H,22,23)/t17-/m0/s1. The minimum absolute atomic E-state index is 0.210. The van der Waals surface area contributed by atoms with Gasteiger partial charge >= 0.3 is 6.18 Å². The van der Waals surface area contributed by atoms with Gasteiger partial charge in [0.2, 0.25) is 0 Å². The first-order valence-corrected chi connectivity index (χ1v) is 7.70. The van der Waals surface area contributed by atoms with E-state index in [1.807, 2.05) is 0 Å². The zero-order chi connectivity index (χ0) is 18.1. The van der Waals surface area contributed by atoms with Crippen molar-refractivity contribution in [1.29, 1.82) is 0 Å². The monoisotopic (exact) mass is 351 g/mol. The Bertz CT molecular complexity index is 791. The molecule has 0 aromatic heterocycles. The van der Waals surface area contributed by atoms with Crippen LogP contribution in [-0.2, 0) is 11.8 Å². The van der Waals surface area contributed by atoms with Crippen molar-refractivity contribution < 1.29 is 27.8 Å². The normalized spacial score (nSPS) is 19.7. The molecule has 25 heavy (non-hydrogen) atoms. The molecule has 0 saturated heterocycles. The number of nitrogens with one attached hydrogen (secondary N) is 1. The highest BCUT2D eigenvalue weighted by Gasteiger charge is 2.38. The summed E-state index contributed by atoms with van der Waals surface area (Å²) >= 11 is 0. The molecule has 1 aliphatic heterocycles.